The summed E-state index contributed by atoms with van der Waals surface area (Å²) < 4.78 is 1.70. The summed E-state index contributed by atoms with van der Waals surface area (Å²) in [6.45, 7) is 7.88. The van der Waals surface area contributed by atoms with Crippen LogP contribution >= 0.6 is 0 Å². The second kappa shape index (κ2) is 8.08. The molecule has 0 saturated carbocycles. The van der Waals surface area contributed by atoms with Crippen molar-refractivity contribution in [1.29, 1.82) is 0 Å². The third-order valence-corrected chi connectivity index (χ3v) is 4.41. The van der Waals surface area contributed by atoms with Crippen LogP contribution in [0.15, 0.2) is 48.5 Å². The van der Waals surface area contributed by atoms with Crippen molar-refractivity contribution in [3.8, 4) is 16.8 Å². The molecule has 0 aliphatic heterocycles. The van der Waals surface area contributed by atoms with Crippen molar-refractivity contribution in [3.05, 3.63) is 65.4 Å². The van der Waals surface area contributed by atoms with E-state index in [-0.39, 0.29) is 11.8 Å². The number of nitrogens with one attached hydrogen (secondary N) is 2. The predicted molar refractivity (Wildman–Crippen MR) is 111 cm³/mol. The van der Waals surface area contributed by atoms with Gasteiger partial charge in [0.05, 0.1) is 11.4 Å². The van der Waals surface area contributed by atoms with E-state index in [1.807, 2.05) is 57.2 Å². The second-order valence-electron chi connectivity index (χ2n) is 6.67. The van der Waals surface area contributed by atoms with E-state index in [0.29, 0.717) is 17.9 Å². The lowest BCUT2D eigenvalue weighted by molar-refractivity contribution is -0.114. The second-order valence-corrected chi connectivity index (χ2v) is 6.67. The monoisotopic (exact) mass is 376 g/mol. The van der Waals surface area contributed by atoms with E-state index in [2.05, 4.69) is 15.7 Å². The number of amides is 2. The number of carbonyl (C=O) groups excluding carboxylic acids is 2. The van der Waals surface area contributed by atoms with Gasteiger partial charge in [-0.25, -0.2) is 4.68 Å². The van der Waals surface area contributed by atoms with Crippen LogP contribution in [0.2, 0.25) is 0 Å². The van der Waals surface area contributed by atoms with Gasteiger partial charge in [0, 0.05) is 24.6 Å². The van der Waals surface area contributed by atoms with Crippen LogP contribution in [0, 0.1) is 13.8 Å². The molecule has 3 aromatic rings. The van der Waals surface area contributed by atoms with Gasteiger partial charge in [0.2, 0.25) is 5.91 Å². The Bertz CT molecular complexity index is 1000. The van der Waals surface area contributed by atoms with Crippen molar-refractivity contribution >= 4 is 17.6 Å². The SMILES string of the molecule is CCNC(=O)c1ccc(-n2nc(C)c(-c3ccc(C)cc3)c2NC(C)=O)cc1. The molecule has 2 N–H and O–H groups in total. The Morgan fingerprint density at radius 1 is 1.00 bits per heavy atom. The minimum atomic E-state index is -0.173. The lowest BCUT2D eigenvalue weighted by Crippen LogP contribution is -2.22. The number of rotatable bonds is 5. The number of nitrogens with zero attached hydrogens (tertiary/aromatic N) is 2. The number of anilines is 1. The molecule has 28 heavy (non-hydrogen) atoms. The summed E-state index contributed by atoms with van der Waals surface area (Å²) in [5, 5.41) is 10.3. The maximum atomic E-state index is 12.0. The van der Waals surface area contributed by atoms with Crippen molar-refractivity contribution in [1.82, 2.24) is 15.1 Å². The normalized spacial score (nSPS) is 10.6. The molecule has 144 valence electrons. The Labute approximate surface area is 164 Å². The Morgan fingerprint density at radius 2 is 1.64 bits per heavy atom. The molecule has 6 nitrogen and oxygen atoms in total. The zero-order chi connectivity index (χ0) is 20.3. The molecule has 0 aliphatic carbocycles. The molecule has 0 spiro atoms. The molecule has 0 radical (unpaired) electrons. The molecule has 0 unspecified atom stereocenters. The summed E-state index contributed by atoms with van der Waals surface area (Å²) in [6.07, 6.45) is 0. The predicted octanol–water partition coefficient (Wildman–Crippen LogP) is 3.86. The molecule has 0 atom stereocenters. The zero-order valence-corrected chi connectivity index (χ0v) is 16.5. The molecule has 0 fully saturated rings. The number of hydrogen-bond acceptors (Lipinski definition) is 3. The molecule has 0 aliphatic rings. The fraction of sp³-hybridized carbons (Fsp3) is 0.227. The molecule has 2 amide bonds. The highest BCUT2D eigenvalue weighted by atomic mass is 16.2. The van der Waals surface area contributed by atoms with Gasteiger partial charge in [-0.1, -0.05) is 29.8 Å². The topological polar surface area (TPSA) is 76.0 Å². The molecule has 0 bridgehead atoms. The van der Waals surface area contributed by atoms with E-state index in [0.717, 1.165) is 28.1 Å². The number of carbonyl (C=O) groups is 2. The van der Waals surface area contributed by atoms with Crippen LogP contribution in [0.1, 0.15) is 35.5 Å². The van der Waals surface area contributed by atoms with Gasteiger partial charge < -0.3 is 10.6 Å². The van der Waals surface area contributed by atoms with Gasteiger partial charge in [0.25, 0.3) is 5.91 Å². The molecular weight excluding hydrogens is 352 g/mol. The van der Waals surface area contributed by atoms with Crippen molar-refractivity contribution in [2.45, 2.75) is 27.7 Å². The van der Waals surface area contributed by atoms with Gasteiger partial charge in [0.15, 0.2) is 0 Å². The Kier molecular flexibility index (Phi) is 5.59. The highest BCUT2D eigenvalue weighted by Crippen LogP contribution is 2.33. The first kappa shape index (κ1) is 19.4. The summed E-state index contributed by atoms with van der Waals surface area (Å²) in [5.74, 6) is 0.321. The van der Waals surface area contributed by atoms with Crippen molar-refractivity contribution in [2.75, 3.05) is 11.9 Å². The van der Waals surface area contributed by atoms with Crippen molar-refractivity contribution < 1.29 is 9.59 Å². The van der Waals surface area contributed by atoms with Crippen LogP contribution in [0.4, 0.5) is 5.82 Å². The largest absolute Gasteiger partial charge is 0.352 e. The molecule has 1 aromatic heterocycles. The van der Waals surface area contributed by atoms with Crippen LogP contribution in [-0.4, -0.2) is 28.1 Å². The Morgan fingerprint density at radius 3 is 2.21 bits per heavy atom. The average molecular weight is 376 g/mol. The molecule has 2 aromatic carbocycles. The molecule has 3 rings (SSSR count). The summed E-state index contributed by atoms with van der Waals surface area (Å²) in [4.78, 5) is 23.8. The minimum absolute atomic E-state index is 0.117. The first-order valence-electron chi connectivity index (χ1n) is 9.23. The fourth-order valence-corrected chi connectivity index (χ4v) is 3.08. The first-order chi connectivity index (χ1) is 13.4. The lowest BCUT2D eigenvalue weighted by atomic mass is 10.0. The molecule has 6 heteroatoms. The van der Waals surface area contributed by atoms with Crippen LogP contribution in [0.3, 0.4) is 0 Å². The van der Waals surface area contributed by atoms with Gasteiger partial charge in [-0.15, -0.1) is 0 Å². The van der Waals surface area contributed by atoms with E-state index >= 15 is 0 Å². The van der Waals surface area contributed by atoms with Gasteiger partial charge in [-0.3, -0.25) is 9.59 Å². The minimum Gasteiger partial charge on any atom is -0.352 e. The van der Waals surface area contributed by atoms with Gasteiger partial charge >= 0.3 is 0 Å². The van der Waals surface area contributed by atoms with Crippen molar-refractivity contribution in [2.24, 2.45) is 0 Å². The third kappa shape index (κ3) is 3.96. The Balaban J connectivity index is 2.08. The van der Waals surface area contributed by atoms with E-state index in [9.17, 15) is 9.59 Å². The maximum absolute atomic E-state index is 12.0. The molecule has 1 heterocycles. The average Bonchev–Trinajstić information content (AvgIpc) is 2.98. The summed E-state index contributed by atoms with van der Waals surface area (Å²) in [5.41, 5.74) is 5.17. The Hall–Kier alpha value is -3.41. The third-order valence-electron chi connectivity index (χ3n) is 4.41. The molecule has 0 saturated heterocycles. The number of aryl methyl sites for hydroxylation is 2. The molecular formula is C22H24N4O2. The number of hydrogen-bond donors (Lipinski definition) is 2. The fourth-order valence-electron chi connectivity index (χ4n) is 3.08. The maximum Gasteiger partial charge on any atom is 0.251 e. The number of aromatic nitrogens is 2. The van der Waals surface area contributed by atoms with E-state index in [4.69, 9.17) is 0 Å². The zero-order valence-electron chi connectivity index (χ0n) is 16.5. The standard InChI is InChI=1S/C22H24N4O2/c1-5-23-22(28)18-10-12-19(13-11-18)26-21(24-16(4)27)20(15(3)25-26)17-8-6-14(2)7-9-17/h6-13H,5H2,1-4H3,(H,23,28)(H,24,27). The van der Waals surface area contributed by atoms with E-state index < -0.39 is 0 Å². The highest BCUT2D eigenvalue weighted by Gasteiger charge is 2.19. The van der Waals surface area contributed by atoms with Gasteiger partial charge in [-0.2, -0.15) is 5.10 Å². The highest BCUT2D eigenvalue weighted by molar-refractivity contribution is 5.95. The van der Waals surface area contributed by atoms with Crippen LogP contribution in [0.5, 0.6) is 0 Å². The summed E-state index contributed by atoms with van der Waals surface area (Å²) in [7, 11) is 0. The number of benzene rings is 2. The summed E-state index contributed by atoms with van der Waals surface area (Å²) >= 11 is 0. The van der Waals surface area contributed by atoms with Gasteiger partial charge in [-0.05, 0) is 50.6 Å². The smallest absolute Gasteiger partial charge is 0.251 e. The summed E-state index contributed by atoms with van der Waals surface area (Å²) in [6, 6.07) is 15.2. The van der Waals surface area contributed by atoms with Crippen LogP contribution in [-0.2, 0) is 4.79 Å². The van der Waals surface area contributed by atoms with Crippen molar-refractivity contribution in [3.63, 3.8) is 0 Å². The van der Waals surface area contributed by atoms with Gasteiger partial charge in [0.1, 0.15) is 5.82 Å². The van der Waals surface area contributed by atoms with E-state index in [1.54, 1.807) is 16.8 Å². The van der Waals surface area contributed by atoms with Crippen LogP contribution < -0.4 is 10.6 Å². The lowest BCUT2D eigenvalue weighted by Gasteiger charge is -2.11. The van der Waals surface area contributed by atoms with Crippen LogP contribution in [0.25, 0.3) is 16.8 Å². The quantitative estimate of drug-likeness (QED) is 0.710. The van der Waals surface area contributed by atoms with E-state index in [1.165, 1.54) is 6.92 Å². The first-order valence-corrected chi connectivity index (χ1v) is 9.23.